The van der Waals surface area contributed by atoms with E-state index in [1.165, 1.54) is 6.92 Å². The number of esters is 1. The molecule has 0 aliphatic carbocycles. The van der Waals surface area contributed by atoms with Gasteiger partial charge >= 0.3 is 5.97 Å². The first-order valence-corrected chi connectivity index (χ1v) is 6.17. The number of aryl methyl sites for hydroxylation is 2. The van der Waals surface area contributed by atoms with Gasteiger partial charge in [0.15, 0.2) is 0 Å². The van der Waals surface area contributed by atoms with Crippen LogP contribution in [0.4, 0.5) is 0 Å². The van der Waals surface area contributed by atoms with Gasteiger partial charge in [-0.25, -0.2) is 4.98 Å². The maximum Gasteiger partial charge on any atom is 0.302 e. The van der Waals surface area contributed by atoms with Crippen LogP contribution in [0, 0.1) is 6.92 Å². The highest BCUT2D eigenvalue weighted by atomic mass is 16.5. The van der Waals surface area contributed by atoms with Gasteiger partial charge in [-0.3, -0.25) is 4.79 Å². The molecule has 0 spiro atoms. The number of hydrogen-bond donors (Lipinski definition) is 0. The fraction of sp³-hybridized carbons (Fsp3) is 0.429. The molecule has 96 valence electrons. The average Bonchev–Trinajstić information content (AvgIpc) is 2.61. The van der Waals surface area contributed by atoms with Gasteiger partial charge in [-0.1, -0.05) is 12.1 Å². The number of ether oxygens (including phenoxy) is 1. The Labute approximate surface area is 107 Å². The fourth-order valence-electron chi connectivity index (χ4n) is 2.13. The highest BCUT2D eigenvalue weighted by molar-refractivity contribution is 5.75. The highest BCUT2D eigenvalue weighted by Gasteiger charge is 2.10. The van der Waals surface area contributed by atoms with E-state index in [1.54, 1.807) is 0 Å². The summed E-state index contributed by atoms with van der Waals surface area (Å²) in [7, 11) is 0. The van der Waals surface area contributed by atoms with Gasteiger partial charge in [-0.05, 0) is 26.0 Å². The van der Waals surface area contributed by atoms with Crippen molar-refractivity contribution in [2.24, 2.45) is 0 Å². The molecule has 1 unspecified atom stereocenters. The Morgan fingerprint density at radius 3 is 2.89 bits per heavy atom. The minimum atomic E-state index is -0.227. The molecule has 0 aliphatic rings. The van der Waals surface area contributed by atoms with Gasteiger partial charge in [0.1, 0.15) is 11.9 Å². The quantitative estimate of drug-likeness (QED) is 0.779. The third-order valence-corrected chi connectivity index (χ3v) is 2.97. The Kier molecular flexibility index (Phi) is 3.65. The first-order chi connectivity index (χ1) is 8.58. The molecule has 0 amide bonds. The summed E-state index contributed by atoms with van der Waals surface area (Å²) in [5, 5.41) is 0. The number of rotatable bonds is 4. The molecule has 4 heteroatoms. The summed E-state index contributed by atoms with van der Waals surface area (Å²) in [4.78, 5) is 15.4. The summed E-state index contributed by atoms with van der Waals surface area (Å²) in [5.74, 6) is 0.765. The van der Waals surface area contributed by atoms with E-state index in [2.05, 4.69) is 15.6 Å². The van der Waals surface area contributed by atoms with Crippen molar-refractivity contribution in [3.05, 3.63) is 30.1 Å². The van der Waals surface area contributed by atoms with Gasteiger partial charge in [0, 0.05) is 19.9 Å². The number of hydrogen-bond acceptors (Lipinski definition) is 3. The van der Waals surface area contributed by atoms with Crippen LogP contribution < -0.4 is 0 Å². The van der Waals surface area contributed by atoms with E-state index in [1.807, 2.05) is 32.0 Å². The summed E-state index contributed by atoms with van der Waals surface area (Å²) >= 11 is 0. The summed E-state index contributed by atoms with van der Waals surface area (Å²) in [5.41, 5.74) is 2.14. The minimum Gasteiger partial charge on any atom is -0.463 e. The average molecular weight is 246 g/mol. The summed E-state index contributed by atoms with van der Waals surface area (Å²) in [6.07, 6.45) is 0.726. The number of benzene rings is 1. The topological polar surface area (TPSA) is 44.1 Å². The van der Waals surface area contributed by atoms with E-state index in [-0.39, 0.29) is 12.1 Å². The van der Waals surface area contributed by atoms with Crippen LogP contribution in [-0.4, -0.2) is 21.6 Å². The molecule has 2 rings (SSSR count). The van der Waals surface area contributed by atoms with Gasteiger partial charge in [0.25, 0.3) is 0 Å². The van der Waals surface area contributed by atoms with Crippen molar-refractivity contribution < 1.29 is 9.53 Å². The van der Waals surface area contributed by atoms with Gasteiger partial charge in [-0.2, -0.15) is 0 Å². The molecule has 2 aromatic rings. The molecular weight excluding hydrogens is 228 g/mol. The molecule has 0 radical (unpaired) electrons. The number of carbonyl (C=O) groups is 1. The molecular formula is C14H18N2O2. The normalized spacial score (nSPS) is 12.6. The van der Waals surface area contributed by atoms with E-state index in [0.717, 1.165) is 29.8 Å². The van der Waals surface area contributed by atoms with Crippen molar-refractivity contribution in [1.82, 2.24) is 9.55 Å². The summed E-state index contributed by atoms with van der Waals surface area (Å²) in [6, 6.07) is 8.07. The highest BCUT2D eigenvalue weighted by Crippen LogP contribution is 2.16. The van der Waals surface area contributed by atoms with Gasteiger partial charge < -0.3 is 9.30 Å². The zero-order chi connectivity index (χ0) is 13.1. The number of aromatic nitrogens is 2. The number of carbonyl (C=O) groups excluding carboxylic acids is 1. The van der Waals surface area contributed by atoms with Crippen LogP contribution >= 0.6 is 0 Å². The summed E-state index contributed by atoms with van der Waals surface area (Å²) < 4.78 is 7.29. The number of para-hydroxylation sites is 2. The van der Waals surface area contributed by atoms with Crippen molar-refractivity contribution in [3.63, 3.8) is 0 Å². The monoisotopic (exact) mass is 246 g/mol. The maximum absolute atomic E-state index is 10.9. The lowest BCUT2D eigenvalue weighted by Crippen LogP contribution is -2.15. The molecule has 0 aliphatic heterocycles. The Morgan fingerprint density at radius 1 is 1.44 bits per heavy atom. The van der Waals surface area contributed by atoms with E-state index in [9.17, 15) is 4.79 Å². The third-order valence-electron chi connectivity index (χ3n) is 2.97. The van der Waals surface area contributed by atoms with Crippen LogP contribution in [0.3, 0.4) is 0 Å². The largest absolute Gasteiger partial charge is 0.463 e. The van der Waals surface area contributed by atoms with Gasteiger partial charge in [0.05, 0.1) is 11.0 Å². The second kappa shape index (κ2) is 5.21. The molecule has 4 nitrogen and oxygen atoms in total. The van der Waals surface area contributed by atoms with Gasteiger partial charge in [0.2, 0.25) is 0 Å². The Bertz CT molecular complexity index is 560. The van der Waals surface area contributed by atoms with E-state index in [4.69, 9.17) is 4.74 Å². The van der Waals surface area contributed by atoms with Crippen molar-refractivity contribution in [3.8, 4) is 0 Å². The smallest absolute Gasteiger partial charge is 0.302 e. The molecule has 1 atom stereocenters. The number of nitrogens with zero attached hydrogens (tertiary/aromatic N) is 2. The van der Waals surface area contributed by atoms with Crippen LogP contribution in [0.25, 0.3) is 11.0 Å². The lowest BCUT2D eigenvalue weighted by atomic mass is 10.2. The molecule has 18 heavy (non-hydrogen) atoms. The third kappa shape index (κ3) is 2.70. The minimum absolute atomic E-state index is 0.0666. The lowest BCUT2D eigenvalue weighted by molar-refractivity contribution is -0.145. The molecule has 0 saturated heterocycles. The molecule has 0 fully saturated rings. The molecule has 1 aromatic heterocycles. The second-order valence-electron chi connectivity index (χ2n) is 4.51. The first kappa shape index (κ1) is 12.6. The summed E-state index contributed by atoms with van der Waals surface area (Å²) in [6.45, 7) is 6.15. The van der Waals surface area contributed by atoms with E-state index in [0.29, 0.717) is 0 Å². The Balaban J connectivity index is 2.12. The maximum atomic E-state index is 10.9. The van der Waals surface area contributed by atoms with Gasteiger partial charge in [-0.15, -0.1) is 0 Å². The van der Waals surface area contributed by atoms with Crippen LogP contribution in [0.15, 0.2) is 24.3 Å². The van der Waals surface area contributed by atoms with Crippen molar-refractivity contribution in [2.75, 3.05) is 0 Å². The second-order valence-corrected chi connectivity index (χ2v) is 4.51. The SMILES string of the molecule is CC(=O)OC(C)CCn1c(C)nc2ccccc21. The standard InChI is InChI=1S/C14H18N2O2/c1-10(18-12(3)17)8-9-16-11(2)15-13-6-4-5-7-14(13)16/h4-7,10H,8-9H2,1-3H3. The zero-order valence-electron chi connectivity index (χ0n) is 11.0. The Hall–Kier alpha value is -1.84. The fourth-order valence-corrected chi connectivity index (χ4v) is 2.13. The lowest BCUT2D eigenvalue weighted by Gasteiger charge is -2.13. The van der Waals surface area contributed by atoms with Crippen LogP contribution in [0.2, 0.25) is 0 Å². The predicted octanol–water partition coefficient (Wildman–Crippen LogP) is 2.69. The van der Waals surface area contributed by atoms with E-state index >= 15 is 0 Å². The van der Waals surface area contributed by atoms with Crippen molar-refractivity contribution in [1.29, 1.82) is 0 Å². The van der Waals surface area contributed by atoms with E-state index < -0.39 is 0 Å². The van der Waals surface area contributed by atoms with Crippen LogP contribution in [-0.2, 0) is 16.1 Å². The number of fused-ring (bicyclic) bond motifs is 1. The van der Waals surface area contributed by atoms with Crippen LogP contribution in [0.1, 0.15) is 26.1 Å². The molecule has 0 N–H and O–H groups in total. The van der Waals surface area contributed by atoms with Crippen molar-refractivity contribution >= 4 is 17.0 Å². The first-order valence-electron chi connectivity index (χ1n) is 6.17. The molecule has 1 heterocycles. The van der Waals surface area contributed by atoms with Crippen LogP contribution in [0.5, 0.6) is 0 Å². The number of imidazole rings is 1. The van der Waals surface area contributed by atoms with Crippen molar-refractivity contribution in [2.45, 2.75) is 39.8 Å². The molecule has 0 bridgehead atoms. The Morgan fingerprint density at radius 2 is 2.17 bits per heavy atom. The predicted molar refractivity (Wildman–Crippen MR) is 70.3 cm³/mol. The zero-order valence-corrected chi connectivity index (χ0v) is 11.0. The molecule has 1 aromatic carbocycles. The molecule has 0 saturated carbocycles.